The molecule has 0 aliphatic carbocycles. The van der Waals surface area contributed by atoms with Gasteiger partial charge in [-0.2, -0.15) is 0 Å². The molecule has 0 aromatic heterocycles. The molecule has 0 saturated carbocycles. The lowest BCUT2D eigenvalue weighted by Crippen LogP contribution is -2.66. The Bertz CT molecular complexity index is 733. The van der Waals surface area contributed by atoms with Crippen molar-refractivity contribution in [3.05, 3.63) is 0 Å². The van der Waals surface area contributed by atoms with E-state index in [1.54, 1.807) is 0 Å². The van der Waals surface area contributed by atoms with Crippen molar-refractivity contribution < 1.29 is 76.1 Å². The second-order valence-corrected chi connectivity index (χ2v) is 7.37. The van der Waals surface area contributed by atoms with Crippen molar-refractivity contribution in [1.29, 1.82) is 0 Å². The maximum atomic E-state index is 11.3. The smallest absolute Gasteiger partial charge is 0.293 e. The Kier molecular flexibility index (Phi) is 12.0. The summed E-state index contributed by atoms with van der Waals surface area (Å²) in [4.78, 5) is 66.2. The quantitative estimate of drug-likeness (QED) is 0.142. The number of carbonyl (C=O) groups excluding carboxylic acids is 6. The van der Waals surface area contributed by atoms with Gasteiger partial charge in [-0.25, -0.2) is 0 Å². The molecule has 16 heteroatoms. The van der Waals surface area contributed by atoms with Crippen molar-refractivity contribution in [1.82, 2.24) is 0 Å². The number of hydrogen-bond acceptors (Lipinski definition) is 16. The molecule has 2 heterocycles. The fourth-order valence-electron chi connectivity index (χ4n) is 4.12. The van der Waals surface area contributed by atoms with E-state index in [1.165, 1.54) is 14.0 Å². The standard InChI is InChI=1S/C20H26O16/c1-11-14(30-7-23)18(16(32-9-25)12(34-11)3-28-5-21)36-20-19(33-10-26)17(27-2)15(31-8-24)13(35-20)4-29-6-22/h5-20H,3-4H2,1-2H3/t11-,12?,13?,14?,15+,16+,17-,18+,19?,20-/m0/s1. The van der Waals surface area contributed by atoms with E-state index in [9.17, 15) is 28.8 Å². The minimum atomic E-state index is -1.52. The van der Waals surface area contributed by atoms with E-state index >= 15 is 0 Å². The third kappa shape index (κ3) is 6.87. The van der Waals surface area contributed by atoms with E-state index in [0.717, 1.165) is 0 Å². The van der Waals surface area contributed by atoms with Gasteiger partial charge in [-0.15, -0.1) is 0 Å². The normalized spacial score (nSPS) is 35.8. The Morgan fingerprint density at radius 1 is 0.583 bits per heavy atom. The van der Waals surface area contributed by atoms with Crippen LogP contribution < -0.4 is 0 Å². The highest BCUT2D eigenvalue weighted by Crippen LogP contribution is 2.33. The van der Waals surface area contributed by atoms with Crippen LogP contribution in [0.25, 0.3) is 0 Å². The second kappa shape index (κ2) is 14.9. The molecule has 16 nitrogen and oxygen atoms in total. The van der Waals surface area contributed by atoms with Gasteiger partial charge in [0.25, 0.3) is 38.8 Å². The summed E-state index contributed by atoms with van der Waals surface area (Å²) in [6, 6.07) is 0. The SMILES string of the molecule is CO[C@@H]1C(OC=O)[C@H](O[C@@H]2C(OC=O)[C@H](C)OC(COC=O)[C@H]2OC=O)OC(COC=O)[C@H]1OC=O. The van der Waals surface area contributed by atoms with Gasteiger partial charge in [0, 0.05) is 7.11 Å². The van der Waals surface area contributed by atoms with E-state index in [0.29, 0.717) is 0 Å². The minimum Gasteiger partial charge on any atom is -0.465 e. The molecule has 36 heavy (non-hydrogen) atoms. The zero-order valence-corrected chi connectivity index (χ0v) is 19.2. The number of rotatable bonds is 17. The molecule has 4 unspecified atom stereocenters. The Morgan fingerprint density at radius 2 is 1.06 bits per heavy atom. The average Bonchev–Trinajstić information content (AvgIpc) is 2.87. The lowest BCUT2D eigenvalue weighted by Gasteiger charge is -2.48. The maximum absolute atomic E-state index is 11.3. The van der Waals surface area contributed by atoms with E-state index in [-0.39, 0.29) is 45.4 Å². The Labute approximate surface area is 204 Å². The molecule has 10 atom stereocenters. The summed E-state index contributed by atoms with van der Waals surface area (Å²) in [6.45, 7) is 1.41. The van der Waals surface area contributed by atoms with Crippen LogP contribution in [0.4, 0.5) is 0 Å². The van der Waals surface area contributed by atoms with Gasteiger partial charge < -0.3 is 47.4 Å². The summed E-state index contributed by atoms with van der Waals surface area (Å²) in [5, 5.41) is 0. The molecule has 0 radical (unpaired) electrons. The highest BCUT2D eigenvalue weighted by atomic mass is 16.7. The monoisotopic (exact) mass is 522 g/mol. The van der Waals surface area contributed by atoms with Crippen LogP contribution in [0, 0.1) is 0 Å². The summed E-state index contributed by atoms with van der Waals surface area (Å²) >= 11 is 0. The first kappa shape index (κ1) is 28.9. The minimum absolute atomic E-state index is 0.0722. The zero-order chi connectivity index (χ0) is 26.5. The zero-order valence-electron chi connectivity index (χ0n) is 19.2. The molecule has 2 rings (SSSR count). The van der Waals surface area contributed by atoms with Gasteiger partial charge in [0.15, 0.2) is 30.7 Å². The van der Waals surface area contributed by atoms with Gasteiger partial charge in [0.05, 0.1) is 6.10 Å². The highest BCUT2D eigenvalue weighted by Gasteiger charge is 2.55. The molecule has 2 aliphatic heterocycles. The molecule has 202 valence electrons. The molecular formula is C20H26O16. The lowest BCUT2D eigenvalue weighted by atomic mass is 9.94. The van der Waals surface area contributed by atoms with Gasteiger partial charge >= 0.3 is 0 Å². The Morgan fingerprint density at radius 3 is 1.56 bits per heavy atom. The van der Waals surface area contributed by atoms with Crippen LogP contribution in [0.2, 0.25) is 0 Å². The van der Waals surface area contributed by atoms with Gasteiger partial charge in [-0.1, -0.05) is 0 Å². The van der Waals surface area contributed by atoms with E-state index in [4.69, 9.17) is 47.4 Å². The summed E-state index contributed by atoms with van der Waals surface area (Å²) in [6.07, 6.45) is -12.2. The predicted molar refractivity (Wildman–Crippen MR) is 106 cm³/mol. The van der Waals surface area contributed by atoms with Crippen molar-refractivity contribution in [3.63, 3.8) is 0 Å². The predicted octanol–water partition coefficient (Wildman–Crippen LogP) is -2.59. The van der Waals surface area contributed by atoms with Crippen LogP contribution in [0.1, 0.15) is 6.92 Å². The Balaban J connectivity index is 2.45. The number of ether oxygens (including phenoxy) is 10. The van der Waals surface area contributed by atoms with E-state index in [2.05, 4.69) is 0 Å². The van der Waals surface area contributed by atoms with Crippen molar-refractivity contribution in [3.8, 4) is 0 Å². The second-order valence-electron chi connectivity index (χ2n) is 7.37. The summed E-state index contributed by atoms with van der Waals surface area (Å²) < 4.78 is 52.6. The van der Waals surface area contributed by atoms with Crippen LogP contribution in [-0.2, 0) is 76.1 Å². The fourth-order valence-corrected chi connectivity index (χ4v) is 4.12. The molecule has 2 saturated heterocycles. The maximum Gasteiger partial charge on any atom is 0.293 e. The highest BCUT2D eigenvalue weighted by molar-refractivity contribution is 5.41. The number of methoxy groups -OCH3 is 1. The van der Waals surface area contributed by atoms with Crippen LogP contribution in [0.15, 0.2) is 0 Å². The van der Waals surface area contributed by atoms with Crippen molar-refractivity contribution >= 4 is 38.8 Å². The third-order valence-electron chi connectivity index (χ3n) is 5.53. The molecule has 0 bridgehead atoms. The molecule has 2 fully saturated rings. The van der Waals surface area contributed by atoms with Crippen molar-refractivity contribution in [2.24, 2.45) is 0 Å². The lowest BCUT2D eigenvalue weighted by molar-refractivity contribution is -0.342. The van der Waals surface area contributed by atoms with Crippen molar-refractivity contribution in [2.75, 3.05) is 20.3 Å². The Hall–Kier alpha value is -3.34. The van der Waals surface area contributed by atoms with Crippen LogP contribution in [0.3, 0.4) is 0 Å². The van der Waals surface area contributed by atoms with Gasteiger partial charge in [-0.05, 0) is 6.92 Å². The first-order chi connectivity index (χ1) is 17.5. The van der Waals surface area contributed by atoms with Gasteiger partial charge in [0.2, 0.25) is 0 Å². The number of carbonyl (C=O) groups is 6. The molecule has 0 amide bonds. The first-order valence-corrected chi connectivity index (χ1v) is 10.5. The fraction of sp³-hybridized carbons (Fsp3) is 0.700. The molecular weight excluding hydrogens is 496 g/mol. The molecule has 2 aliphatic rings. The number of hydrogen-bond donors (Lipinski definition) is 0. The van der Waals surface area contributed by atoms with Crippen LogP contribution >= 0.6 is 0 Å². The largest absolute Gasteiger partial charge is 0.465 e. The van der Waals surface area contributed by atoms with Crippen molar-refractivity contribution in [2.45, 2.75) is 68.1 Å². The molecule has 0 aromatic rings. The summed E-state index contributed by atoms with van der Waals surface area (Å²) in [5.41, 5.74) is 0. The topological polar surface area (TPSA) is 195 Å². The van der Waals surface area contributed by atoms with E-state index in [1.807, 2.05) is 0 Å². The summed E-state index contributed by atoms with van der Waals surface area (Å²) in [5.74, 6) is 0. The van der Waals surface area contributed by atoms with Crippen LogP contribution in [-0.4, -0.2) is 120 Å². The van der Waals surface area contributed by atoms with Gasteiger partial charge in [0.1, 0.15) is 37.6 Å². The first-order valence-electron chi connectivity index (χ1n) is 10.5. The summed E-state index contributed by atoms with van der Waals surface area (Å²) in [7, 11) is 1.23. The van der Waals surface area contributed by atoms with Gasteiger partial charge in [-0.3, -0.25) is 28.8 Å². The third-order valence-corrected chi connectivity index (χ3v) is 5.53. The molecule has 0 spiro atoms. The average molecular weight is 522 g/mol. The molecule has 0 aromatic carbocycles. The molecule has 0 N–H and O–H groups in total. The van der Waals surface area contributed by atoms with Crippen LogP contribution in [0.5, 0.6) is 0 Å². The van der Waals surface area contributed by atoms with E-state index < -0.39 is 67.8 Å².